The molecule has 1 saturated heterocycles. The zero-order chi connectivity index (χ0) is 19.6. The maximum Gasteiger partial charge on any atom is 0.404 e. The van der Waals surface area contributed by atoms with Gasteiger partial charge in [0.2, 0.25) is 10.0 Å². The lowest BCUT2D eigenvalue weighted by atomic mass is 9.94. The number of benzene rings is 2. The fraction of sp³-hybridized carbons (Fsp3) is 0.222. The molecule has 2 aromatic carbocycles. The predicted octanol–water partition coefficient (Wildman–Crippen LogP) is 2.12. The lowest BCUT2D eigenvalue weighted by Gasteiger charge is -2.18. The van der Waals surface area contributed by atoms with Gasteiger partial charge in [-0.2, -0.15) is 9.57 Å². The number of hydrogen-bond donors (Lipinski definition) is 2. The number of sulfonamides is 1. The van der Waals surface area contributed by atoms with Gasteiger partial charge in [-0.3, -0.25) is 0 Å². The van der Waals surface area contributed by atoms with Crippen LogP contribution in [0.5, 0.6) is 0 Å². The number of nitrogens with one attached hydrogen (secondary N) is 1. The highest BCUT2D eigenvalue weighted by Gasteiger charge is 2.41. The Kier molecular flexibility index (Phi) is 5.12. The Morgan fingerprint density at radius 2 is 1.85 bits per heavy atom. The van der Waals surface area contributed by atoms with Gasteiger partial charge in [-0.15, -0.1) is 0 Å². The van der Waals surface area contributed by atoms with E-state index >= 15 is 0 Å². The summed E-state index contributed by atoms with van der Waals surface area (Å²) in [6.45, 7) is -0.0743. The molecule has 2 N–H and O–H groups in total. The number of halogens is 1. The fourth-order valence-electron chi connectivity index (χ4n) is 3.24. The van der Waals surface area contributed by atoms with Crippen molar-refractivity contribution in [2.75, 3.05) is 13.1 Å². The Morgan fingerprint density at radius 3 is 2.48 bits per heavy atom. The molecule has 0 bridgehead atoms. The number of carboxylic acid groups (broad SMARTS) is 1. The van der Waals surface area contributed by atoms with E-state index in [1.54, 1.807) is 6.07 Å². The molecule has 27 heavy (non-hydrogen) atoms. The summed E-state index contributed by atoms with van der Waals surface area (Å²) in [5, 5.41) is 20.6. The average molecular weight is 389 g/mol. The van der Waals surface area contributed by atoms with Gasteiger partial charge in [-0.05, 0) is 29.8 Å². The zero-order valence-corrected chi connectivity index (χ0v) is 14.9. The number of nitriles is 1. The van der Waals surface area contributed by atoms with Gasteiger partial charge in [0.15, 0.2) is 0 Å². The van der Waals surface area contributed by atoms with Gasteiger partial charge in [0.25, 0.3) is 0 Å². The summed E-state index contributed by atoms with van der Waals surface area (Å²) in [6.07, 6.45) is -1.27. The summed E-state index contributed by atoms with van der Waals surface area (Å²) >= 11 is 0. The van der Waals surface area contributed by atoms with Crippen molar-refractivity contribution in [2.45, 2.75) is 16.9 Å². The highest BCUT2D eigenvalue weighted by molar-refractivity contribution is 7.89. The number of nitrogens with zero attached hydrogens (tertiary/aromatic N) is 2. The molecule has 0 spiro atoms. The number of hydrogen-bond acceptors (Lipinski definition) is 4. The number of carbonyl (C=O) groups is 1. The number of amides is 1. The van der Waals surface area contributed by atoms with Crippen LogP contribution in [-0.2, 0) is 10.0 Å². The molecule has 1 heterocycles. The van der Waals surface area contributed by atoms with E-state index in [1.807, 2.05) is 6.07 Å². The van der Waals surface area contributed by atoms with E-state index in [4.69, 9.17) is 5.11 Å². The summed E-state index contributed by atoms with van der Waals surface area (Å²) in [5.41, 5.74) is 0.645. The fourth-order valence-corrected chi connectivity index (χ4v) is 4.87. The molecule has 0 saturated carbocycles. The molecule has 9 heteroatoms. The largest absolute Gasteiger partial charge is 0.465 e. The van der Waals surface area contributed by atoms with Crippen LogP contribution in [0.4, 0.5) is 9.18 Å². The molecule has 2 unspecified atom stereocenters. The Morgan fingerprint density at radius 1 is 1.19 bits per heavy atom. The smallest absolute Gasteiger partial charge is 0.404 e. The third-order valence-corrected chi connectivity index (χ3v) is 6.41. The predicted molar refractivity (Wildman–Crippen MR) is 94.0 cm³/mol. The van der Waals surface area contributed by atoms with Crippen molar-refractivity contribution >= 4 is 16.1 Å². The third kappa shape index (κ3) is 3.77. The van der Waals surface area contributed by atoms with E-state index in [0.717, 1.165) is 4.31 Å². The zero-order valence-electron chi connectivity index (χ0n) is 14.0. The van der Waals surface area contributed by atoms with Crippen LogP contribution >= 0.6 is 0 Å². The first-order valence-electron chi connectivity index (χ1n) is 8.07. The van der Waals surface area contributed by atoms with Crippen LogP contribution in [0.2, 0.25) is 0 Å². The Bertz CT molecular complexity index is 1000. The van der Waals surface area contributed by atoms with Crippen molar-refractivity contribution in [1.29, 1.82) is 5.26 Å². The van der Waals surface area contributed by atoms with E-state index in [9.17, 15) is 22.9 Å². The molecule has 3 rings (SSSR count). The lowest BCUT2D eigenvalue weighted by molar-refractivity contribution is 0.189. The second kappa shape index (κ2) is 7.34. The molecule has 1 fully saturated rings. The molecular formula is C18H16FN3O4S. The van der Waals surface area contributed by atoms with Gasteiger partial charge < -0.3 is 10.4 Å². The Hall–Kier alpha value is -2.96. The average Bonchev–Trinajstić information content (AvgIpc) is 3.06. The minimum atomic E-state index is -4.00. The van der Waals surface area contributed by atoms with Crippen molar-refractivity contribution in [3.05, 3.63) is 65.5 Å². The maximum absolute atomic E-state index is 13.2. The molecule has 7 nitrogen and oxygen atoms in total. The molecule has 1 aliphatic rings. The molecular weight excluding hydrogens is 373 g/mol. The summed E-state index contributed by atoms with van der Waals surface area (Å²) in [6, 6.07) is 12.5. The van der Waals surface area contributed by atoms with Gasteiger partial charge in [0, 0.05) is 19.0 Å². The number of rotatable bonds is 4. The first kappa shape index (κ1) is 18.8. The van der Waals surface area contributed by atoms with E-state index in [0.29, 0.717) is 5.56 Å². The van der Waals surface area contributed by atoms with Gasteiger partial charge >= 0.3 is 6.09 Å². The molecule has 0 aromatic heterocycles. The van der Waals surface area contributed by atoms with Gasteiger partial charge in [-0.1, -0.05) is 24.3 Å². The highest BCUT2D eigenvalue weighted by Crippen LogP contribution is 2.32. The molecule has 1 amide bonds. The minimum absolute atomic E-state index is 0.0126. The van der Waals surface area contributed by atoms with E-state index in [2.05, 4.69) is 5.32 Å². The van der Waals surface area contributed by atoms with Crippen LogP contribution in [0.1, 0.15) is 17.0 Å². The monoisotopic (exact) mass is 389 g/mol. The normalized spacial score (nSPS) is 20.1. The van der Waals surface area contributed by atoms with Crippen molar-refractivity contribution in [1.82, 2.24) is 9.62 Å². The molecule has 0 radical (unpaired) electrons. The Labute approximate surface area is 155 Å². The first-order valence-corrected chi connectivity index (χ1v) is 9.51. The minimum Gasteiger partial charge on any atom is -0.465 e. The first-order chi connectivity index (χ1) is 12.8. The van der Waals surface area contributed by atoms with E-state index in [1.165, 1.54) is 42.5 Å². The quantitative estimate of drug-likeness (QED) is 0.832. The van der Waals surface area contributed by atoms with Crippen LogP contribution in [-0.4, -0.2) is 43.1 Å². The second-order valence-electron chi connectivity index (χ2n) is 6.14. The highest BCUT2D eigenvalue weighted by atomic mass is 32.2. The van der Waals surface area contributed by atoms with Crippen LogP contribution in [0.15, 0.2) is 53.4 Å². The third-order valence-electron chi connectivity index (χ3n) is 4.52. The van der Waals surface area contributed by atoms with Crippen LogP contribution in [0.3, 0.4) is 0 Å². The molecule has 2 aromatic rings. The van der Waals surface area contributed by atoms with Crippen LogP contribution < -0.4 is 5.32 Å². The summed E-state index contributed by atoms with van der Waals surface area (Å²) < 4.78 is 40.4. The lowest BCUT2D eigenvalue weighted by Crippen LogP contribution is -2.39. The van der Waals surface area contributed by atoms with Gasteiger partial charge in [-0.25, -0.2) is 17.6 Å². The van der Waals surface area contributed by atoms with Gasteiger partial charge in [0.05, 0.1) is 16.5 Å². The van der Waals surface area contributed by atoms with Crippen molar-refractivity contribution in [2.24, 2.45) is 0 Å². The topological polar surface area (TPSA) is 111 Å². The molecule has 1 aliphatic heterocycles. The van der Waals surface area contributed by atoms with Crippen molar-refractivity contribution in [3.63, 3.8) is 0 Å². The van der Waals surface area contributed by atoms with Crippen molar-refractivity contribution < 1.29 is 22.7 Å². The van der Waals surface area contributed by atoms with Crippen molar-refractivity contribution in [3.8, 4) is 6.07 Å². The van der Waals surface area contributed by atoms with Gasteiger partial charge in [0.1, 0.15) is 11.9 Å². The molecule has 0 aliphatic carbocycles. The summed E-state index contributed by atoms with van der Waals surface area (Å²) in [4.78, 5) is 11.0. The van der Waals surface area contributed by atoms with Crippen LogP contribution in [0, 0.1) is 17.1 Å². The van der Waals surface area contributed by atoms with E-state index in [-0.39, 0.29) is 23.5 Å². The molecule has 140 valence electrons. The molecule has 2 atom stereocenters. The second-order valence-corrected chi connectivity index (χ2v) is 8.05. The maximum atomic E-state index is 13.2. The summed E-state index contributed by atoms with van der Waals surface area (Å²) in [5.74, 6) is -0.919. The van der Waals surface area contributed by atoms with Crippen LogP contribution in [0.25, 0.3) is 0 Å². The standard InChI is InChI=1S/C18H16FN3O4S/c19-14-7-5-12(6-8-14)15-10-22(11-16(15)21-18(23)24)27(25,26)17-4-2-1-3-13(17)9-20/h1-8,15-16,21H,10-11H2,(H,23,24). The van der Waals surface area contributed by atoms with E-state index < -0.39 is 33.9 Å². The SMILES string of the molecule is N#Cc1ccccc1S(=O)(=O)N1CC(NC(=O)O)C(c2ccc(F)cc2)C1. The summed E-state index contributed by atoms with van der Waals surface area (Å²) in [7, 11) is -4.00. The Balaban J connectivity index is 1.96.